The van der Waals surface area contributed by atoms with Crippen molar-refractivity contribution in [3.8, 4) is 0 Å². The van der Waals surface area contributed by atoms with Gasteiger partial charge >= 0.3 is 0 Å². The zero-order chi connectivity index (χ0) is 16.6. The summed E-state index contributed by atoms with van der Waals surface area (Å²) in [4.78, 5) is 31.8. The third-order valence-electron chi connectivity index (χ3n) is 4.47. The molecule has 2 heterocycles. The van der Waals surface area contributed by atoms with Crippen molar-refractivity contribution < 1.29 is 9.59 Å². The van der Waals surface area contributed by atoms with Gasteiger partial charge in [0.25, 0.3) is 5.91 Å². The van der Waals surface area contributed by atoms with Gasteiger partial charge in [-0.05, 0) is 26.2 Å². The Bertz CT molecular complexity index is 667. The molecule has 2 amide bonds. The highest BCUT2D eigenvalue weighted by Gasteiger charge is 2.29. The minimum absolute atomic E-state index is 0.0425. The maximum Gasteiger partial charge on any atom is 0.269 e. The van der Waals surface area contributed by atoms with Gasteiger partial charge in [-0.25, -0.2) is 9.99 Å². The van der Waals surface area contributed by atoms with Crippen LogP contribution >= 0.6 is 11.3 Å². The molecule has 0 spiro atoms. The van der Waals surface area contributed by atoms with Gasteiger partial charge in [0.05, 0.1) is 10.7 Å². The molecule has 1 aliphatic carbocycles. The Morgan fingerprint density at radius 2 is 2.17 bits per heavy atom. The molecule has 124 valence electrons. The molecule has 3 rings (SSSR count). The highest BCUT2D eigenvalue weighted by atomic mass is 32.1. The number of nitrogens with zero attached hydrogens (tertiary/aromatic N) is 4. The first-order valence-electron chi connectivity index (χ1n) is 8.01. The second-order valence-electron chi connectivity index (χ2n) is 6.28. The van der Waals surface area contributed by atoms with Crippen LogP contribution in [0.15, 0.2) is 5.10 Å². The Morgan fingerprint density at radius 3 is 2.91 bits per heavy atom. The Hall–Kier alpha value is -1.76. The Morgan fingerprint density at radius 1 is 1.39 bits per heavy atom. The molecule has 0 saturated heterocycles. The average molecular weight is 334 g/mol. The molecule has 1 aromatic heterocycles. The van der Waals surface area contributed by atoms with E-state index in [-0.39, 0.29) is 11.8 Å². The predicted molar refractivity (Wildman–Crippen MR) is 89.6 cm³/mol. The maximum atomic E-state index is 12.6. The molecule has 6 nitrogen and oxygen atoms in total. The van der Waals surface area contributed by atoms with Crippen LogP contribution in [0, 0.1) is 6.92 Å². The molecule has 0 N–H and O–H groups in total. The van der Waals surface area contributed by atoms with E-state index in [2.05, 4.69) is 10.1 Å². The number of aryl methyl sites for hydroxylation is 2. The van der Waals surface area contributed by atoms with E-state index in [1.807, 2.05) is 14.0 Å². The first-order chi connectivity index (χ1) is 11.0. The standard InChI is InChI=1S/C16H22N4O2S/c1-10-17-15-11(5-4-6-13(15)23-10)9-19(2)16(22)12-7-8-14(21)20(3)18-12/h11H,4-9H2,1-3H3/t11-/m0/s1. The SMILES string of the molecule is Cc1nc2c(s1)CCC[C@H]2CN(C)C(=O)C1=NN(C)C(=O)CC1. The molecule has 0 unspecified atom stereocenters. The predicted octanol–water partition coefficient (Wildman–Crippen LogP) is 1.94. The van der Waals surface area contributed by atoms with Gasteiger partial charge in [0.15, 0.2) is 0 Å². The van der Waals surface area contributed by atoms with Gasteiger partial charge < -0.3 is 4.90 Å². The first-order valence-corrected chi connectivity index (χ1v) is 8.83. The molecule has 0 bridgehead atoms. The van der Waals surface area contributed by atoms with Crippen LogP contribution in [0.3, 0.4) is 0 Å². The second-order valence-corrected chi connectivity index (χ2v) is 7.57. The van der Waals surface area contributed by atoms with Crippen LogP contribution in [0.4, 0.5) is 0 Å². The number of amides is 2. The van der Waals surface area contributed by atoms with Gasteiger partial charge in [-0.3, -0.25) is 9.59 Å². The third kappa shape index (κ3) is 3.29. The van der Waals surface area contributed by atoms with Gasteiger partial charge in [-0.15, -0.1) is 11.3 Å². The van der Waals surface area contributed by atoms with E-state index in [1.54, 1.807) is 23.3 Å². The normalized spacial score (nSPS) is 21.0. The number of carbonyl (C=O) groups is 2. The number of aromatic nitrogens is 1. The molecule has 0 aromatic carbocycles. The maximum absolute atomic E-state index is 12.6. The fourth-order valence-corrected chi connectivity index (χ4v) is 4.33. The summed E-state index contributed by atoms with van der Waals surface area (Å²) in [7, 11) is 3.41. The zero-order valence-corrected chi connectivity index (χ0v) is 14.7. The van der Waals surface area contributed by atoms with Crippen molar-refractivity contribution in [2.75, 3.05) is 20.6 Å². The second kappa shape index (κ2) is 6.39. The highest BCUT2D eigenvalue weighted by molar-refractivity contribution is 7.11. The van der Waals surface area contributed by atoms with Crippen LogP contribution in [0.5, 0.6) is 0 Å². The van der Waals surface area contributed by atoms with Crippen molar-refractivity contribution in [2.24, 2.45) is 5.10 Å². The minimum atomic E-state index is -0.0802. The Balaban J connectivity index is 1.70. The lowest BCUT2D eigenvalue weighted by molar-refractivity contribution is -0.130. The summed E-state index contributed by atoms with van der Waals surface area (Å²) in [5.41, 5.74) is 1.65. The third-order valence-corrected chi connectivity index (χ3v) is 5.52. The highest BCUT2D eigenvalue weighted by Crippen LogP contribution is 2.35. The van der Waals surface area contributed by atoms with E-state index >= 15 is 0 Å². The number of hydrogen-bond acceptors (Lipinski definition) is 5. The summed E-state index contributed by atoms with van der Waals surface area (Å²) in [6.45, 7) is 2.70. The Labute approximate surface area is 140 Å². The zero-order valence-electron chi connectivity index (χ0n) is 13.8. The van der Waals surface area contributed by atoms with E-state index in [0.29, 0.717) is 31.0 Å². The summed E-state index contributed by atoms with van der Waals surface area (Å²) < 4.78 is 0. The summed E-state index contributed by atoms with van der Waals surface area (Å²) >= 11 is 1.78. The molecule has 7 heteroatoms. The topological polar surface area (TPSA) is 65.9 Å². The van der Waals surface area contributed by atoms with Gasteiger partial charge in [-0.2, -0.15) is 5.10 Å². The first kappa shape index (κ1) is 16.1. The number of hydrogen-bond donors (Lipinski definition) is 0. The van der Waals surface area contributed by atoms with Crippen molar-refractivity contribution in [2.45, 2.75) is 44.9 Å². The molecule has 23 heavy (non-hydrogen) atoms. The van der Waals surface area contributed by atoms with Crippen LogP contribution < -0.4 is 0 Å². The van der Waals surface area contributed by atoms with Gasteiger partial charge in [0.1, 0.15) is 5.71 Å². The van der Waals surface area contributed by atoms with E-state index in [9.17, 15) is 9.59 Å². The van der Waals surface area contributed by atoms with Crippen molar-refractivity contribution in [1.29, 1.82) is 0 Å². The lowest BCUT2D eigenvalue weighted by Gasteiger charge is -2.28. The molecule has 1 aliphatic heterocycles. The van der Waals surface area contributed by atoms with Crippen LogP contribution in [0.25, 0.3) is 0 Å². The van der Waals surface area contributed by atoms with Crippen molar-refractivity contribution in [3.63, 3.8) is 0 Å². The van der Waals surface area contributed by atoms with E-state index < -0.39 is 0 Å². The molecule has 0 fully saturated rings. The quantitative estimate of drug-likeness (QED) is 0.848. The number of carbonyl (C=O) groups excluding carboxylic acids is 2. The lowest BCUT2D eigenvalue weighted by atomic mass is 9.90. The van der Waals surface area contributed by atoms with Crippen LogP contribution in [0.2, 0.25) is 0 Å². The van der Waals surface area contributed by atoms with E-state index in [1.165, 1.54) is 15.6 Å². The molecule has 0 radical (unpaired) electrons. The molecule has 2 aliphatic rings. The van der Waals surface area contributed by atoms with Gasteiger partial charge in [0.2, 0.25) is 5.91 Å². The summed E-state index contributed by atoms with van der Waals surface area (Å²) in [5, 5.41) is 6.50. The number of thiazole rings is 1. The number of fused-ring (bicyclic) bond motifs is 1. The molecule has 0 saturated carbocycles. The van der Waals surface area contributed by atoms with Gasteiger partial charge in [-0.1, -0.05) is 0 Å². The fraction of sp³-hybridized carbons (Fsp3) is 0.625. The van der Waals surface area contributed by atoms with E-state index in [0.717, 1.165) is 24.3 Å². The van der Waals surface area contributed by atoms with E-state index in [4.69, 9.17) is 0 Å². The lowest BCUT2D eigenvalue weighted by Crippen LogP contribution is -2.40. The minimum Gasteiger partial charge on any atom is -0.340 e. The fourth-order valence-electron chi connectivity index (χ4n) is 3.26. The smallest absolute Gasteiger partial charge is 0.269 e. The van der Waals surface area contributed by atoms with Gasteiger partial charge in [0, 0.05) is 44.3 Å². The summed E-state index contributed by atoms with van der Waals surface area (Å²) in [6, 6.07) is 0. The average Bonchev–Trinajstić information content (AvgIpc) is 2.90. The summed E-state index contributed by atoms with van der Waals surface area (Å²) in [5.74, 6) is 0.184. The molecular weight excluding hydrogens is 312 g/mol. The van der Waals surface area contributed by atoms with Crippen molar-refractivity contribution >= 4 is 28.9 Å². The van der Waals surface area contributed by atoms with Crippen LogP contribution in [-0.2, 0) is 16.0 Å². The van der Waals surface area contributed by atoms with Crippen molar-refractivity contribution in [1.82, 2.24) is 14.9 Å². The largest absolute Gasteiger partial charge is 0.340 e. The molecule has 1 atom stereocenters. The Kier molecular flexibility index (Phi) is 4.48. The van der Waals surface area contributed by atoms with Crippen molar-refractivity contribution in [3.05, 3.63) is 15.6 Å². The summed E-state index contributed by atoms with van der Waals surface area (Å²) in [6.07, 6.45) is 4.11. The number of rotatable bonds is 3. The molecule has 1 aromatic rings. The van der Waals surface area contributed by atoms with Crippen LogP contribution in [-0.4, -0.2) is 53.1 Å². The monoisotopic (exact) mass is 334 g/mol. The number of hydrazone groups is 1. The molecular formula is C16H22N4O2S. The van der Waals surface area contributed by atoms with Crippen LogP contribution in [0.1, 0.15) is 47.2 Å². The number of likely N-dealkylation sites (N-methyl/N-ethyl adjacent to an activating group) is 1.